The maximum absolute atomic E-state index is 12.8. The van der Waals surface area contributed by atoms with Gasteiger partial charge < -0.3 is 14.5 Å². The molecule has 8 heteroatoms. The van der Waals surface area contributed by atoms with Crippen molar-refractivity contribution in [3.63, 3.8) is 0 Å². The number of ether oxygens (including phenoxy) is 1. The summed E-state index contributed by atoms with van der Waals surface area (Å²) in [5.41, 5.74) is 0.805. The second-order valence-electron chi connectivity index (χ2n) is 6.77. The van der Waals surface area contributed by atoms with E-state index in [9.17, 15) is 19.7 Å². The van der Waals surface area contributed by atoms with E-state index in [-0.39, 0.29) is 35.6 Å². The lowest BCUT2D eigenvalue weighted by atomic mass is 9.97. The van der Waals surface area contributed by atoms with Gasteiger partial charge in [-0.25, -0.2) is 0 Å². The molecule has 1 aromatic rings. The molecule has 140 valence electrons. The fourth-order valence-electron chi connectivity index (χ4n) is 3.73. The molecule has 0 spiro atoms. The van der Waals surface area contributed by atoms with Gasteiger partial charge in [-0.1, -0.05) is 0 Å². The zero-order valence-corrected chi connectivity index (χ0v) is 14.8. The van der Waals surface area contributed by atoms with Gasteiger partial charge in [-0.15, -0.1) is 0 Å². The van der Waals surface area contributed by atoms with E-state index in [1.165, 1.54) is 13.2 Å². The molecule has 2 saturated heterocycles. The van der Waals surface area contributed by atoms with Crippen molar-refractivity contribution in [2.75, 3.05) is 38.2 Å². The first-order valence-corrected chi connectivity index (χ1v) is 8.91. The Hall–Kier alpha value is -2.64. The number of hydrogen-bond donors (Lipinski definition) is 0. The number of carbonyl (C=O) groups is 2. The van der Waals surface area contributed by atoms with Crippen molar-refractivity contribution in [1.29, 1.82) is 0 Å². The number of benzene rings is 1. The van der Waals surface area contributed by atoms with Gasteiger partial charge >= 0.3 is 5.97 Å². The number of nitro benzene ring substituents is 1. The van der Waals surface area contributed by atoms with E-state index in [2.05, 4.69) is 0 Å². The summed E-state index contributed by atoms with van der Waals surface area (Å²) in [5.74, 6) is -0.941. The second-order valence-corrected chi connectivity index (χ2v) is 6.77. The second kappa shape index (κ2) is 7.72. The summed E-state index contributed by atoms with van der Waals surface area (Å²) in [5, 5.41) is 11.5. The number of anilines is 1. The SMILES string of the molecule is COC(=O)C1CCCN(C(=O)c2ccc(N3CCCC3)c([N+](=O)[O-])c2)C1. The highest BCUT2D eigenvalue weighted by Gasteiger charge is 2.31. The summed E-state index contributed by atoms with van der Waals surface area (Å²) in [6.45, 7) is 2.41. The average Bonchev–Trinajstić information content (AvgIpc) is 3.21. The standard InChI is InChI=1S/C18H23N3O5/c1-26-18(23)14-5-4-10-20(12-14)17(22)13-6-7-15(16(11-13)21(24)25)19-8-2-3-9-19/h6-7,11,14H,2-5,8-10,12H2,1H3. The van der Waals surface area contributed by atoms with E-state index in [1.54, 1.807) is 17.0 Å². The molecule has 2 fully saturated rings. The number of hydrogen-bond acceptors (Lipinski definition) is 6. The van der Waals surface area contributed by atoms with Gasteiger partial charge in [0.2, 0.25) is 0 Å². The normalized spacial score (nSPS) is 20.1. The molecule has 1 atom stereocenters. The third-order valence-corrected chi connectivity index (χ3v) is 5.11. The van der Waals surface area contributed by atoms with Crippen molar-refractivity contribution in [2.24, 2.45) is 5.92 Å². The fraction of sp³-hybridized carbons (Fsp3) is 0.556. The molecular formula is C18H23N3O5. The Balaban J connectivity index is 1.82. The third-order valence-electron chi connectivity index (χ3n) is 5.11. The minimum atomic E-state index is -0.433. The van der Waals surface area contributed by atoms with E-state index in [1.807, 2.05) is 4.90 Å². The zero-order valence-electron chi connectivity index (χ0n) is 14.8. The van der Waals surface area contributed by atoms with Crippen LogP contribution in [0.4, 0.5) is 11.4 Å². The highest BCUT2D eigenvalue weighted by atomic mass is 16.6. The molecule has 3 rings (SSSR count). The van der Waals surface area contributed by atoms with E-state index in [0.29, 0.717) is 25.1 Å². The Morgan fingerprint density at radius 2 is 1.92 bits per heavy atom. The summed E-state index contributed by atoms with van der Waals surface area (Å²) in [6.07, 6.45) is 3.42. The number of amides is 1. The summed E-state index contributed by atoms with van der Waals surface area (Å²) >= 11 is 0. The molecule has 2 aliphatic rings. The van der Waals surface area contributed by atoms with Crippen molar-refractivity contribution >= 4 is 23.3 Å². The molecule has 1 unspecified atom stereocenters. The van der Waals surface area contributed by atoms with Crippen LogP contribution in [0.15, 0.2) is 18.2 Å². The molecule has 0 aliphatic carbocycles. The number of esters is 1. The Kier molecular flexibility index (Phi) is 5.39. The molecule has 1 amide bonds. The van der Waals surface area contributed by atoms with E-state index in [0.717, 1.165) is 25.9 Å². The molecular weight excluding hydrogens is 338 g/mol. The number of methoxy groups -OCH3 is 1. The molecule has 0 N–H and O–H groups in total. The number of nitrogens with zero attached hydrogens (tertiary/aromatic N) is 3. The Morgan fingerprint density at radius 1 is 1.19 bits per heavy atom. The van der Waals surface area contributed by atoms with Crippen LogP contribution in [0.3, 0.4) is 0 Å². The zero-order chi connectivity index (χ0) is 18.7. The van der Waals surface area contributed by atoms with Gasteiger partial charge in [-0.2, -0.15) is 0 Å². The summed E-state index contributed by atoms with van der Waals surface area (Å²) in [4.78, 5) is 39.2. The Morgan fingerprint density at radius 3 is 2.58 bits per heavy atom. The molecule has 0 bridgehead atoms. The van der Waals surface area contributed by atoms with Crippen LogP contribution in [0.5, 0.6) is 0 Å². The average molecular weight is 361 g/mol. The molecule has 8 nitrogen and oxygen atoms in total. The van der Waals surface area contributed by atoms with Gasteiger partial charge in [0.15, 0.2) is 0 Å². The number of carbonyl (C=O) groups excluding carboxylic acids is 2. The van der Waals surface area contributed by atoms with Gasteiger partial charge in [0, 0.05) is 37.8 Å². The minimum Gasteiger partial charge on any atom is -0.469 e. The third kappa shape index (κ3) is 3.63. The van der Waals surface area contributed by atoms with Gasteiger partial charge in [-0.3, -0.25) is 19.7 Å². The molecule has 0 aromatic heterocycles. The van der Waals surface area contributed by atoms with Crippen LogP contribution in [0.25, 0.3) is 0 Å². The van der Waals surface area contributed by atoms with E-state index >= 15 is 0 Å². The topological polar surface area (TPSA) is 93.0 Å². The molecule has 2 aliphatic heterocycles. The van der Waals surface area contributed by atoms with Crippen LogP contribution in [0, 0.1) is 16.0 Å². The van der Waals surface area contributed by atoms with Gasteiger partial charge in [0.05, 0.1) is 18.0 Å². The quantitative estimate of drug-likeness (QED) is 0.464. The molecule has 1 aromatic carbocycles. The van der Waals surface area contributed by atoms with Gasteiger partial charge in [0.1, 0.15) is 5.69 Å². The first-order chi connectivity index (χ1) is 12.5. The van der Waals surface area contributed by atoms with Crippen LogP contribution < -0.4 is 4.90 Å². The summed E-state index contributed by atoms with van der Waals surface area (Å²) in [7, 11) is 1.34. The maximum atomic E-state index is 12.8. The molecule has 0 radical (unpaired) electrons. The smallest absolute Gasteiger partial charge is 0.310 e. The van der Waals surface area contributed by atoms with Crippen molar-refractivity contribution in [1.82, 2.24) is 4.90 Å². The highest BCUT2D eigenvalue weighted by Crippen LogP contribution is 2.32. The lowest BCUT2D eigenvalue weighted by Crippen LogP contribution is -2.42. The number of piperidine rings is 1. The van der Waals surface area contributed by atoms with Crippen LogP contribution in [-0.4, -0.2) is 55.0 Å². The first-order valence-electron chi connectivity index (χ1n) is 8.91. The largest absolute Gasteiger partial charge is 0.469 e. The number of likely N-dealkylation sites (tertiary alicyclic amines) is 1. The Bertz CT molecular complexity index is 715. The van der Waals surface area contributed by atoms with Crippen LogP contribution >= 0.6 is 0 Å². The van der Waals surface area contributed by atoms with Crippen molar-refractivity contribution in [3.05, 3.63) is 33.9 Å². The first kappa shape index (κ1) is 18.2. The number of rotatable bonds is 4. The van der Waals surface area contributed by atoms with E-state index < -0.39 is 4.92 Å². The van der Waals surface area contributed by atoms with Crippen LogP contribution in [0.2, 0.25) is 0 Å². The monoisotopic (exact) mass is 361 g/mol. The number of nitro groups is 1. The molecule has 0 saturated carbocycles. The van der Waals surface area contributed by atoms with E-state index in [4.69, 9.17) is 4.74 Å². The van der Waals surface area contributed by atoms with Crippen LogP contribution in [-0.2, 0) is 9.53 Å². The lowest BCUT2D eigenvalue weighted by Gasteiger charge is -2.31. The fourth-order valence-corrected chi connectivity index (χ4v) is 3.73. The van der Waals surface area contributed by atoms with Crippen molar-refractivity contribution < 1.29 is 19.2 Å². The predicted octanol–water partition coefficient (Wildman–Crippen LogP) is 2.22. The van der Waals surface area contributed by atoms with Crippen molar-refractivity contribution in [3.8, 4) is 0 Å². The maximum Gasteiger partial charge on any atom is 0.310 e. The highest BCUT2D eigenvalue weighted by molar-refractivity contribution is 5.96. The lowest BCUT2D eigenvalue weighted by molar-refractivity contribution is -0.384. The minimum absolute atomic E-state index is 0.0423. The van der Waals surface area contributed by atoms with Gasteiger partial charge in [-0.05, 0) is 37.8 Å². The Labute approximate surface area is 151 Å². The van der Waals surface area contributed by atoms with Gasteiger partial charge in [0.25, 0.3) is 11.6 Å². The van der Waals surface area contributed by atoms with Crippen molar-refractivity contribution in [2.45, 2.75) is 25.7 Å². The molecule has 2 heterocycles. The summed E-state index contributed by atoms with van der Waals surface area (Å²) in [6, 6.07) is 4.67. The predicted molar refractivity (Wildman–Crippen MR) is 95.2 cm³/mol. The summed E-state index contributed by atoms with van der Waals surface area (Å²) < 4.78 is 4.78. The van der Waals surface area contributed by atoms with Crippen LogP contribution in [0.1, 0.15) is 36.0 Å². The molecule has 26 heavy (non-hydrogen) atoms.